The SMILES string of the molecule is Cc1ccccc1C1=c2ccc3c(c2B(O)c2c1ccc1c2OCCN1C)OCC[N+]=3C.Cc1ccccc1C1=c2ccc3c(c2S(C)(C)c2c1ccc1c2OCCN1C)OCC[N+]=3C. The van der Waals surface area contributed by atoms with Crippen LogP contribution < -0.4 is 70.0 Å². The lowest BCUT2D eigenvalue weighted by Crippen LogP contribution is -2.59. The number of aryl methyl sites for hydroxylation is 2. The molecule has 0 fully saturated rings. The average Bonchev–Trinajstić information content (AvgIpc) is 3.30. The minimum Gasteiger partial charge on any atom is -0.490 e. The summed E-state index contributed by atoms with van der Waals surface area (Å²) in [6.07, 6.45) is 4.82. The predicted molar refractivity (Wildman–Crippen MR) is 266 cm³/mol. The Morgan fingerprint density at radius 1 is 0.523 bits per heavy atom. The summed E-state index contributed by atoms with van der Waals surface area (Å²) < 4.78 is 29.8. The maximum absolute atomic E-state index is 11.8. The molecular formula is C54H57BN4O5S+2. The van der Waals surface area contributed by atoms with Crippen molar-refractivity contribution in [2.24, 2.45) is 0 Å². The standard InChI is InChI=1S/C28H31N2O2S.C26H26BN2O3/c1-18-8-6-7-9-19(18)24-20-10-12-22-25(31-16-14-29(22)2)27(20)33(4,5)28-21(24)11-13-23-26(28)32-17-15-30(23)3;1-16-6-4-5-7-17(16)22-18-8-10-20-25(31-14-12-28(20)2)23(18)27(30)24-19(22)9-11-21-26(24)32-15-13-29(21)3/h6-13H,14-17H2,1-5H3;4-11,30H,12-15H2,1-3H3/q2*+1. The quantitative estimate of drug-likeness (QED) is 0.212. The summed E-state index contributed by atoms with van der Waals surface area (Å²) >= 11 is 0. The molecule has 0 aliphatic carbocycles. The second kappa shape index (κ2) is 15.8. The van der Waals surface area contributed by atoms with Gasteiger partial charge >= 0.3 is 6.92 Å². The zero-order valence-electron chi connectivity index (χ0n) is 38.7. The number of rotatable bonds is 2. The normalized spacial score (nSPS) is 17.7. The predicted octanol–water partition coefficient (Wildman–Crippen LogP) is 3.38. The third kappa shape index (κ3) is 6.40. The number of anilines is 2. The molecule has 9 nitrogen and oxygen atoms in total. The van der Waals surface area contributed by atoms with E-state index in [0.717, 1.165) is 93.1 Å². The van der Waals surface area contributed by atoms with E-state index in [9.17, 15) is 5.02 Å². The third-order valence-corrected chi connectivity index (χ3v) is 17.2. The number of hydrogen-bond donors (Lipinski definition) is 1. The van der Waals surface area contributed by atoms with Crippen LogP contribution in [0.3, 0.4) is 0 Å². The van der Waals surface area contributed by atoms with Gasteiger partial charge in [0.1, 0.15) is 46.3 Å². The highest BCUT2D eigenvalue weighted by Gasteiger charge is 2.41. The van der Waals surface area contributed by atoms with E-state index in [4.69, 9.17) is 18.9 Å². The Bertz CT molecular complexity index is 3280. The molecular weight excluding hydrogens is 827 g/mol. The van der Waals surface area contributed by atoms with Crippen LogP contribution in [-0.2, 0) is 0 Å². The molecule has 11 heteroatoms. The Hall–Kier alpha value is -6.17. The Balaban J connectivity index is 0.000000144. The zero-order chi connectivity index (χ0) is 44.9. The molecule has 0 unspecified atom stereocenters. The Morgan fingerprint density at radius 2 is 1.03 bits per heavy atom. The second-order valence-electron chi connectivity index (χ2n) is 18.5. The largest absolute Gasteiger partial charge is 0.490 e. The van der Waals surface area contributed by atoms with E-state index in [1.165, 1.54) is 53.9 Å². The molecule has 0 saturated carbocycles. The minimum absolute atomic E-state index is 0.603. The lowest BCUT2D eigenvalue weighted by Gasteiger charge is -2.43. The molecule has 6 aromatic rings. The fourth-order valence-corrected chi connectivity index (χ4v) is 13.8. The van der Waals surface area contributed by atoms with Crippen LogP contribution in [0.25, 0.3) is 11.1 Å². The molecule has 0 atom stereocenters. The molecule has 0 bridgehead atoms. The molecule has 6 aromatic carbocycles. The van der Waals surface area contributed by atoms with E-state index in [2.05, 4.69) is 171 Å². The summed E-state index contributed by atoms with van der Waals surface area (Å²) in [5.41, 5.74) is 13.6. The van der Waals surface area contributed by atoms with Crippen LogP contribution in [0.1, 0.15) is 33.4 Å². The van der Waals surface area contributed by atoms with Gasteiger partial charge in [0, 0.05) is 42.0 Å². The van der Waals surface area contributed by atoms with Crippen molar-refractivity contribution < 1.29 is 24.0 Å². The molecule has 6 heterocycles. The molecule has 0 amide bonds. The van der Waals surface area contributed by atoms with Gasteiger partial charge in [0.2, 0.25) is 16.5 Å². The fourth-order valence-electron chi connectivity index (χ4n) is 10.9. The summed E-state index contributed by atoms with van der Waals surface area (Å²) in [7, 11) is 7.07. The maximum Gasteiger partial charge on any atom is 0.368 e. The van der Waals surface area contributed by atoms with Crippen molar-refractivity contribution in [1.29, 1.82) is 0 Å². The summed E-state index contributed by atoms with van der Waals surface area (Å²) in [5, 5.41) is 16.4. The van der Waals surface area contributed by atoms with Crippen LogP contribution in [0, 0.1) is 13.8 Å². The van der Waals surface area contributed by atoms with E-state index >= 15 is 0 Å². The Kier molecular flexibility index (Phi) is 10.1. The van der Waals surface area contributed by atoms with E-state index < -0.39 is 16.9 Å². The Morgan fingerprint density at radius 3 is 1.66 bits per heavy atom. The molecule has 0 aromatic heterocycles. The third-order valence-electron chi connectivity index (χ3n) is 14.3. The molecule has 6 aliphatic heterocycles. The summed E-state index contributed by atoms with van der Waals surface area (Å²) in [6.45, 7) is 9.64. The van der Waals surface area contributed by atoms with Crippen LogP contribution in [0.5, 0.6) is 23.0 Å². The first kappa shape index (κ1) is 41.5. The number of hydrogen-bond acceptors (Lipinski definition) is 7. The van der Waals surface area contributed by atoms with E-state index in [0.29, 0.717) is 26.4 Å². The summed E-state index contributed by atoms with van der Waals surface area (Å²) in [5.74, 6) is 3.67. The van der Waals surface area contributed by atoms with Crippen molar-refractivity contribution in [2.45, 2.75) is 23.6 Å². The van der Waals surface area contributed by atoms with Crippen molar-refractivity contribution >= 4 is 50.4 Å². The summed E-state index contributed by atoms with van der Waals surface area (Å²) in [4.78, 5) is 7.21. The zero-order valence-corrected chi connectivity index (χ0v) is 39.6. The van der Waals surface area contributed by atoms with Crippen molar-refractivity contribution in [3.8, 4) is 23.0 Å². The fraction of sp³-hybridized carbons (Fsp3) is 0.296. The summed E-state index contributed by atoms with van der Waals surface area (Å²) in [6, 6.07) is 34.8. The van der Waals surface area contributed by atoms with Crippen molar-refractivity contribution in [3.05, 3.63) is 152 Å². The number of benzene rings is 6. The molecule has 1 N–H and O–H groups in total. The second-order valence-corrected chi connectivity index (χ2v) is 22.0. The van der Waals surface area contributed by atoms with E-state index in [1.807, 2.05) is 0 Å². The van der Waals surface area contributed by atoms with Crippen LogP contribution in [0.15, 0.2) is 107 Å². The highest BCUT2D eigenvalue weighted by Crippen LogP contribution is 2.66. The van der Waals surface area contributed by atoms with Crippen LogP contribution in [0.2, 0.25) is 0 Å². The van der Waals surface area contributed by atoms with Gasteiger partial charge in [-0.25, -0.2) is 9.15 Å². The average molecular weight is 885 g/mol. The van der Waals surface area contributed by atoms with Gasteiger partial charge in [-0.1, -0.05) is 60.7 Å². The monoisotopic (exact) mass is 884 g/mol. The minimum atomic E-state index is -1.41. The highest BCUT2D eigenvalue weighted by atomic mass is 32.3. The molecule has 0 radical (unpaired) electrons. The van der Waals surface area contributed by atoms with Crippen molar-refractivity contribution in [3.63, 3.8) is 0 Å². The number of likely N-dealkylation sites (N-methyl/N-ethyl adjacent to an activating group) is 4. The molecule has 6 aliphatic rings. The number of fused-ring (bicyclic) bond motifs is 12. The van der Waals surface area contributed by atoms with Crippen LogP contribution >= 0.6 is 10.0 Å². The number of nitrogens with zero attached hydrogens (tertiary/aromatic N) is 4. The molecule has 330 valence electrons. The first-order valence-corrected chi connectivity index (χ1v) is 25.2. The molecule has 0 saturated heterocycles. The highest BCUT2D eigenvalue weighted by molar-refractivity contribution is 8.33. The van der Waals surface area contributed by atoms with Gasteiger partial charge in [-0.05, 0) is 106 Å². The van der Waals surface area contributed by atoms with Gasteiger partial charge < -0.3 is 33.8 Å². The van der Waals surface area contributed by atoms with E-state index in [-0.39, 0.29) is 0 Å². The Labute approximate surface area is 383 Å². The number of ether oxygens (including phenoxy) is 4. The van der Waals surface area contributed by atoms with Gasteiger partial charge in [0.25, 0.3) is 0 Å². The lowest BCUT2D eigenvalue weighted by molar-refractivity contribution is 0.273. The lowest BCUT2D eigenvalue weighted by atomic mass is 9.49. The van der Waals surface area contributed by atoms with Crippen molar-refractivity contribution in [2.75, 3.05) is 103 Å². The molecule has 12 rings (SSSR count). The topological polar surface area (TPSA) is 69.7 Å². The van der Waals surface area contributed by atoms with Crippen molar-refractivity contribution in [1.82, 2.24) is 9.15 Å². The van der Waals surface area contributed by atoms with Gasteiger partial charge in [-0.15, -0.1) is 0 Å². The van der Waals surface area contributed by atoms with Gasteiger partial charge in [0.05, 0.1) is 29.4 Å². The van der Waals surface area contributed by atoms with Gasteiger partial charge in [0.15, 0.2) is 24.6 Å². The smallest absolute Gasteiger partial charge is 0.368 e. The maximum atomic E-state index is 11.8. The first-order valence-electron chi connectivity index (χ1n) is 22.8. The van der Waals surface area contributed by atoms with Crippen LogP contribution in [-0.4, -0.2) is 105 Å². The molecule has 0 spiro atoms. The van der Waals surface area contributed by atoms with E-state index in [1.54, 1.807) is 0 Å². The van der Waals surface area contributed by atoms with Gasteiger partial charge in [-0.2, -0.15) is 10.0 Å². The van der Waals surface area contributed by atoms with Crippen LogP contribution in [0.4, 0.5) is 11.4 Å². The molecule has 65 heavy (non-hydrogen) atoms. The van der Waals surface area contributed by atoms with Gasteiger partial charge in [-0.3, -0.25) is 0 Å². The first-order chi connectivity index (χ1) is 31.5.